The molecule has 0 spiro atoms. The topological polar surface area (TPSA) is 113 Å². The second-order valence-electron chi connectivity index (χ2n) is 6.50. The van der Waals surface area contributed by atoms with Gasteiger partial charge in [0.2, 0.25) is 10.0 Å². The fourth-order valence-electron chi connectivity index (χ4n) is 3.18. The number of amides is 1. The predicted octanol–water partition coefficient (Wildman–Crippen LogP) is 1.47. The highest BCUT2D eigenvalue weighted by Gasteiger charge is 2.28. The summed E-state index contributed by atoms with van der Waals surface area (Å²) in [6.45, 7) is 0.934. The predicted molar refractivity (Wildman–Crippen MR) is 99.1 cm³/mol. The summed E-state index contributed by atoms with van der Waals surface area (Å²) in [4.78, 5) is 25.5. The maximum absolute atomic E-state index is 12.9. The van der Waals surface area contributed by atoms with Gasteiger partial charge in [-0.3, -0.25) is 9.59 Å². The molecule has 1 fully saturated rings. The van der Waals surface area contributed by atoms with E-state index >= 15 is 0 Å². The Labute approximate surface area is 159 Å². The van der Waals surface area contributed by atoms with Crippen molar-refractivity contribution < 1.29 is 27.9 Å². The van der Waals surface area contributed by atoms with Gasteiger partial charge in [0.15, 0.2) is 0 Å². The van der Waals surface area contributed by atoms with E-state index in [1.165, 1.54) is 25.3 Å². The van der Waals surface area contributed by atoms with Gasteiger partial charge in [0.05, 0.1) is 11.5 Å². The van der Waals surface area contributed by atoms with Gasteiger partial charge >= 0.3 is 5.97 Å². The zero-order chi connectivity index (χ0) is 19.9. The quantitative estimate of drug-likeness (QED) is 0.609. The number of aliphatic carboxylic acids is 1. The van der Waals surface area contributed by atoms with E-state index in [1.807, 2.05) is 0 Å². The zero-order valence-electron chi connectivity index (χ0n) is 15.4. The first kappa shape index (κ1) is 21.3. The Hall–Kier alpha value is -1.97. The summed E-state index contributed by atoms with van der Waals surface area (Å²) in [5, 5.41) is 8.91. The number of ether oxygens (including phenoxy) is 1. The standard InChI is InChI=1S/C18H26N2O6S/c1-26-12-10-19-27(24,25)16-7-4-5-14(13-16)18(23)20-11-3-2-6-15(20)8-9-17(21)22/h4-5,7,13,15,19H,2-3,6,8-12H2,1H3,(H,21,22). The number of carboxylic acids is 1. The molecule has 1 amide bonds. The number of methoxy groups -OCH3 is 1. The van der Waals surface area contributed by atoms with Crippen LogP contribution in [0.15, 0.2) is 29.2 Å². The first-order valence-electron chi connectivity index (χ1n) is 8.96. The Morgan fingerprint density at radius 3 is 2.81 bits per heavy atom. The molecule has 150 valence electrons. The van der Waals surface area contributed by atoms with E-state index in [1.54, 1.807) is 11.0 Å². The first-order chi connectivity index (χ1) is 12.8. The van der Waals surface area contributed by atoms with Crippen molar-refractivity contribution in [2.45, 2.75) is 43.0 Å². The van der Waals surface area contributed by atoms with E-state index in [0.717, 1.165) is 19.3 Å². The number of rotatable bonds is 9. The molecule has 1 aliphatic rings. The SMILES string of the molecule is COCCNS(=O)(=O)c1cccc(C(=O)N2CCCCC2CCC(=O)O)c1. The number of piperidine rings is 1. The molecule has 1 aromatic rings. The summed E-state index contributed by atoms with van der Waals surface area (Å²) < 4.78 is 31.9. The van der Waals surface area contributed by atoms with Crippen molar-refractivity contribution in [2.24, 2.45) is 0 Å². The third-order valence-electron chi connectivity index (χ3n) is 4.57. The van der Waals surface area contributed by atoms with Crippen LogP contribution in [0.5, 0.6) is 0 Å². The number of carbonyl (C=O) groups excluding carboxylic acids is 1. The molecule has 0 aromatic heterocycles. The fraction of sp³-hybridized carbons (Fsp3) is 0.556. The molecule has 0 radical (unpaired) electrons. The smallest absolute Gasteiger partial charge is 0.303 e. The molecule has 9 heteroatoms. The Morgan fingerprint density at radius 1 is 1.33 bits per heavy atom. The Bertz CT molecular complexity index is 765. The lowest BCUT2D eigenvalue weighted by Crippen LogP contribution is -2.44. The van der Waals surface area contributed by atoms with Crippen LogP contribution < -0.4 is 4.72 Å². The molecule has 1 heterocycles. The van der Waals surface area contributed by atoms with Crippen LogP contribution in [-0.4, -0.2) is 63.1 Å². The van der Waals surface area contributed by atoms with E-state index in [0.29, 0.717) is 13.0 Å². The first-order valence-corrected chi connectivity index (χ1v) is 10.4. The Balaban J connectivity index is 2.16. The molecule has 0 saturated carbocycles. The van der Waals surface area contributed by atoms with Gasteiger partial charge in [-0.25, -0.2) is 13.1 Å². The Morgan fingerprint density at radius 2 is 2.11 bits per heavy atom. The normalized spacial score (nSPS) is 17.7. The van der Waals surface area contributed by atoms with Crippen LogP contribution in [0.2, 0.25) is 0 Å². The van der Waals surface area contributed by atoms with Crippen molar-refractivity contribution in [1.82, 2.24) is 9.62 Å². The van der Waals surface area contributed by atoms with Crippen molar-refractivity contribution in [3.63, 3.8) is 0 Å². The van der Waals surface area contributed by atoms with Crippen LogP contribution in [0.3, 0.4) is 0 Å². The van der Waals surface area contributed by atoms with Crippen LogP contribution in [-0.2, 0) is 19.6 Å². The number of hydrogen-bond acceptors (Lipinski definition) is 5. The summed E-state index contributed by atoms with van der Waals surface area (Å²) in [6, 6.07) is 5.78. The maximum atomic E-state index is 12.9. The van der Waals surface area contributed by atoms with Crippen LogP contribution >= 0.6 is 0 Å². The van der Waals surface area contributed by atoms with Gasteiger partial charge in [-0.05, 0) is 43.9 Å². The van der Waals surface area contributed by atoms with Gasteiger partial charge in [-0.15, -0.1) is 0 Å². The van der Waals surface area contributed by atoms with Gasteiger partial charge in [0.25, 0.3) is 5.91 Å². The molecule has 1 aromatic carbocycles. The number of hydrogen-bond donors (Lipinski definition) is 2. The van der Waals surface area contributed by atoms with Crippen LogP contribution in [0.25, 0.3) is 0 Å². The minimum absolute atomic E-state index is 0.00624. The van der Waals surface area contributed by atoms with Gasteiger partial charge in [-0.2, -0.15) is 0 Å². The van der Waals surface area contributed by atoms with Crippen molar-refractivity contribution >= 4 is 21.9 Å². The molecule has 0 bridgehead atoms. The maximum Gasteiger partial charge on any atom is 0.303 e. The number of sulfonamides is 1. The summed E-state index contributed by atoms with van der Waals surface area (Å²) in [7, 11) is -2.25. The summed E-state index contributed by atoms with van der Waals surface area (Å²) in [5.74, 6) is -1.15. The average molecular weight is 398 g/mol. The molecule has 1 saturated heterocycles. The van der Waals surface area contributed by atoms with Crippen molar-refractivity contribution in [3.8, 4) is 0 Å². The molecule has 2 N–H and O–H groups in total. The lowest BCUT2D eigenvalue weighted by molar-refractivity contribution is -0.137. The number of carboxylic acid groups (broad SMARTS) is 1. The highest BCUT2D eigenvalue weighted by atomic mass is 32.2. The minimum Gasteiger partial charge on any atom is -0.481 e. The van der Waals surface area contributed by atoms with Gasteiger partial charge in [-0.1, -0.05) is 6.07 Å². The molecular formula is C18H26N2O6S. The molecule has 1 atom stereocenters. The number of benzene rings is 1. The van der Waals surface area contributed by atoms with Gasteiger partial charge < -0.3 is 14.7 Å². The number of nitrogens with zero attached hydrogens (tertiary/aromatic N) is 1. The number of nitrogens with one attached hydrogen (secondary N) is 1. The number of carbonyl (C=O) groups is 2. The van der Waals surface area contributed by atoms with Crippen LogP contribution in [0.1, 0.15) is 42.5 Å². The molecular weight excluding hydrogens is 372 g/mol. The molecule has 8 nitrogen and oxygen atoms in total. The van der Waals surface area contributed by atoms with E-state index in [-0.39, 0.29) is 42.0 Å². The second-order valence-corrected chi connectivity index (χ2v) is 8.27. The summed E-state index contributed by atoms with van der Waals surface area (Å²) >= 11 is 0. The van der Waals surface area contributed by atoms with Gasteiger partial charge in [0.1, 0.15) is 0 Å². The lowest BCUT2D eigenvalue weighted by atomic mass is 9.97. The zero-order valence-corrected chi connectivity index (χ0v) is 16.2. The molecule has 1 unspecified atom stereocenters. The van der Waals surface area contributed by atoms with Crippen LogP contribution in [0.4, 0.5) is 0 Å². The summed E-state index contributed by atoms with van der Waals surface area (Å²) in [5.41, 5.74) is 0.284. The fourth-order valence-corrected chi connectivity index (χ4v) is 4.24. The van der Waals surface area contributed by atoms with Crippen molar-refractivity contribution in [2.75, 3.05) is 26.8 Å². The average Bonchev–Trinajstić information content (AvgIpc) is 2.66. The van der Waals surface area contributed by atoms with E-state index in [4.69, 9.17) is 9.84 Å². The van der Waals surface area contributed by atoms with E-state index in [9.17, 15) is 18.0 Å². The molecule has 27 heavy (non-hydrogen) atoms. The van der Waals surface area contributed by atoms with Crippen molar-refractivity contribution in [1.29, 1.82) is 0 Å². The number of likely N-dealkylation sites (tertiary alicyclic amines) is 1. The van der Waals surface area contributed by atoms with E-state index in [2.05, 4.69) is 4.72 Å². The third kappa shape index (κ3) is 6.02. The van der Waals surface area contributed by atoms with Crippen LogP contribution in [0, 0.1) is 0 Å². The highest BCUT2D eigenvalue weighted by molar-refractivity contribution is 7.89. The third-order valence-corrected chi connectivity index (χ3v) is 6.03. The minimum atomic E-state index is -3.73. The Kier molecular flexibility index (Phi) is 7.76. The monoisotopic (exact) mass is 398 g/mol. The molecule has 0 aliphatic carbocycles. The van der Waals surface area contributed by atoms with E-state index < -0.39 is 16.0 Å². The summed E-state index contributed by atoms with van der Waals surface area (Å²) in [6.07, 6.45) is 2.97. The largest absolute Gasteiger partial charge is 0.481 e. The lowest BCUT2D eigenvalue weighted by Gasteiger charge is -2.35. The molecule has 2 rings (SSSR count). The highest BCUT2D eigenvalue weighted by Crippen LogP contribution is 2.24. The van der Waals surface area contributed by atoms with Gasteiger partial charge in [0, 0.05) is 38.2 Å². The second kappa shape index (κ2) is 9.82. The van der Waals surface area contributed by atoms with Crippen molar-refractivity contribution in [3.05, 3.63) is 29.8 Å². The molecule has 1 aliphatic heterocycles.